The number of thioether (sulfide) groups is 1. The van der Waals surface area contributed by atoms with Gasteiger partial charge in [-0.1, -0.05) is 47.6 Å². The molecule has 2 amide bonds. The van der Waals surface area contributed by atoms with E-state index in [1.54, 1.807) is 35.9 Å². The van der Waals surface area contributed by atoms with Gasteiger partial charge in [-0.25, -0.2) is 0 Å². The topological polar surface area (TPSA) is 107 Å². The lowest BCUT2D eigenvalue weighted by molar-refractivity contribution is -0.123. The number of benzene rings is 3. The minimum atomic E-state index is -0.332. The number of ether oxygens (including phenoxy) is 2. The van der Waals surface area contributed by atoms with Crippen LogP contribution in [0.25, 0.3) is 5.69 Å². The van der Waals surface area contributed by atoms with Crippen molar-refractivity contribution in [3.63, 3.8) is 0 Å². The van der Waals surface area contributed by atoms with Crippen LogP contribution in [0, 0.1) is 6.92 Å². The van der Waals surface area contributed by atoms with E-state index in [0.717, 1.165) is 11.3 Å². The van der Waals surface area contributed by atoms with Crippen molar-refractivity contribution in [2.45, 2.75) is 18.6 Å². The average Bonchev–Trinajstić information content (AvgIpc) is 3.33. The molecule has 4 aromatic rings. The minimum absolute atomic E-state index is 0.0872. The second-order valence-corrected chi connectivity index (χ2v) is 9.51. The third-order valence-electron chi connectivity index (χ3n) is 5.29. The Bertz CT molecular complexity index is 1410. The van der Waals surface area contributed by atoms with Crippen molar-refractivity contribution in [2.75, 3.05) is 24.8 Å². The second kappa shape index (κ2) is 13.0. The van der Waals surface area contributed by atoms with Gasteiger partial charge < -0.3 is 20.1 Å². The minimum Gasteiger partial charge on any atom is -0.495 e. The lowest BCUT2D eigenvalue weighted by atomic mass is 10.2. The summed E-state index contributed by atoms with van der Waals surface area (Å²) in [5.74, 6) is 1.20. The van der Waals surface area contributed by atoms with Gasteiger partial charge in [0.2, 0.25) is 5.91 Å². The number of anilines is 1. The SMILES string of the molecule is COc1ccccc1-n1c(CNC(=O)COc2ccc(Cl)cc2)nnc1SCC(=O)Nc1cccc(C)c1. The summed E-state index contributed by atoms with van der Waals surface area (Å²) in [5, 5.41) is 15.3. The Kier molecular flexibility index (Phi) is 9.23. The first-order valence-corrected chi connectivity index (χ1v) is 13.0. The Hall–Kier alpha value is -4.02. The number of hydrogen-bond donors (Lipinski definition) is 2. The van der Waals surface area contributed by atoms with E-state index < -0.39 is 0 Å². The van der Waals surface area contributed by atoms with Crippen molar-refractivity contribution < 1.29 is 19.1 Å². The van der Waals surface area contributed by atoms with Gasteiger partial charge in [0.05, 0.1) is 25.1 Å². The lowest BCUT2D eigenvalue weighted by Gasteiger charge is -2.14. The molecule has 196 valence electrons. The van der Waals surface area contributed by atoms with Crippen LogP contribution in [0.4, 0.5) is 5.69 Å². The Morgan fingerprint density at radius 3 is 2.55 bits per heavy atom. The van der Waals surface area contributed by atoms with Crippen LogP contribution < -0.4 is 20.1 Å². The molecule has 1 aromatic heterocycles. The number of para-hydroxylation sites is 2. The third kappa shape index (κ3) is 7.27. The second-order valence-electron chi connectivity index (χ2n) is 8.13. The van der Waals surface area contributed by atoms with E-state index in [2.05, 4.69) is 20.8 Å². The predicted octanol–water partition coefficient (Wildman–Crippen LogP) is 4.66. The van der Waals surface area contributed by atoms with E-state index in [0.29, 0.717) is 33.2 Å². The molecule has 0 aliphatic carbocycles. The fourth-order valence-electron chi connectivity index (χ4n) is 3.52. The van der Waals surface area contributed by atoms with Crippen LogP contribution in [0.3, 0.4) is 0 Å². The maximum absolute atomic E-state index is 12.6. The van der Waals surface area contributed by atoms with Crippen molar-refractivity contribution in [1.82, 2.24) is 20.1 Å². The molecule has 11 heteroatoms. The number of nitrogens with zero attached hydrogens (tertiary/aromatic N) is 3. The summed E-state index contributed by atoms with van der Waals surface area (Å²) in [5.41, 5.74) is 2.46. The molecule has 0 bridgehead atoms. The van der Waals surface area contributed by atoms with Crippen LogP contribution in [-0.2, 0) is 16.1 Å². The van der Waals surface area contributed by atoms with Crippen LogP contribution in [0.2, 0.25) is 5.02 Å². The van der Waals surface area contributed by atoms with Crippen LogP contribution in [0.5, 0.6) is 11.5 Å². The summed E-state index contributed by atoms with van der Waals surface area (Å²) in [7, 11) is 1.57. The highest BCUT2D eigenvalue weighted by atomic mass is 35.5. The van der Waals surface area contributed by atoms with Crippen molar-refractivity contribution >= 4 is 40.9 Å². The zero-order valence-corrected chi connectivity index (χ0v) is 22.4. The number of carbonyl (C=O) groups excluding carboxylic acids is 2. The molecule has 0 saturated heterocycles. The zero-order valence-electron chi connectivity index (χ0n) is 20.8. The number of methoxy groups -OCH3 is 1. The molecule has 0 aliphatic rings. The molecule has 0 saturated carbocycles. The van der Waals surface area contributed by atoms with Gasteiger partial charge in [-0.3, -0.25) is 14.2 Å². The molecular formula is C27H26ClN5O4S. The third-order valence-corrected chi connectivity index (χ3v) is 6.47. The molecule has 1 heterocycles. The largest absolute Gasteiger partial charge is 0.495 e. The Labute approximate surface area is 229 Å². The number of halogens is 1. The molecule has 0 spiro atoms. The van der Waals surface area contributed by atoms with Crippen molar-refractivity contribution in [1.29, 1.82) is 0 Å². The molecule has 0 radical (unpaired) electrons. The van der Waals surface area contributed by atoms with Crippen LogP contribution >= 0.6 is 23.4 Å². The van der Waals surface area contributed by atoms with Gasteiger partial charge >= 0.3 is 0 Å². The van der Waals surface area contributed by atoms with Crippen LogP contribution in [0.15, 0.2) is 78.0 Å². The molecular weight excluding hydrogens is 526 g/mol. The maximum Gasteiger partial charge on any atom is 0.258 e. The Morgan fingerprint density at radius 1 is 1.00 bits per heavy atom. The normalized spacial score (nSPS) is 10.6. The maximum atomic E-state index is 12.6. The quantitative estimate of drug-likeness (QED) is 0.261. The van der Waals surface area contributed by atoms with Crippen LogP contribution in [-0.4, -0.2) is 46.0 Å². The van der Waals surface area contributed by atoms with E-state index in [9.17, 15) is 9.59 Å². The van der Waals surface area contributed by atoms with E-state index in [4.69, 9.17) is 21.1 Å². The first-order valence-electron chi connectivity index (χ1n) is 11.6. The van der Waals surface area contributed by atoms with E-state index in [1.165, 1.54) is 11.8 Å². The summed E-state index contributed by atoms with van der Waals surface area (Å²) in [6.07, 6.45) is 0. The van der Waals surface area contributed by atoms with Gasteiger partial charge in [-0.05, 0) is 61.0 Å². The molecule has 3 aromatic carbocycles. The summed E-state index contributed by atoms with van der Waals surface area (Å²) in [6, 6.07) is 21.7. The first-order chi connectivity index (χ1) is 18.4. The summed E-state index contributed by atoms with van der Waals surface area (Å²) < 4.78 is 12.8. The number of aromatic nitrogens is 3. The van der Waals surface area contributed by atoms with Crippen molar-refractivity contribution in [3.05, 3.63) is 89.2 Å². The highest BCUT2D eigenvalue weighted by Gasteiger charge is 2.19. The lowest BCUT2D eigenvalue weighted by Crippen LogP contribution is -2.29. The number of amides is 2. The number of hydrogen-bond acceptors (Lipinski definition) is 7. The van der Waals surface area contributed by atoms with Gasteiger partial charge in [-0.2, -0.15) is 0 Å². The first kappa shape index (κ1) is 27.0. The monoisotopic (exact) mass is 551 g/mol. The zero-order chi connectivity index (χ0) is 26.9. The van der Waals surface area contributed by atoms with E-state index in [-0.39, 0.29) is 30.7 Å². The van der Waals surface area contributed by atoms with E-state index in [1.807, 2.05) is 55.5 Å². The summed E-state index contributed by atoms with van der Waals surface area (Å²) >= 11 is 7.11. The summed E-state index contributed by atoms with van der Waals surface area (Å²) in [6.45, 7) is 1.87. The average molecular weight is 552 g/mol. The van der Waals surface area contributed by atoms with Gasteiger partial charge in [0.25, 0.3) is 5.91 Å². The summed E-state index contributed by atoms with van der Waals surface area (Å²) in [4.78, 5) is 25.0. The Balaban J connectivity index is 1.45. The molecule has 9 nitrogen and oxygen atoms in total. The molecule has 0 fully saturated rings. The highest BCUT2D eigenvalue weighted by molar-refractivity contribution is 7.99. The highest BCUT2D eigenvalue weighted by Crippen LogP contribution is 2.28. The van der Waals surface area contributed by atoms with Gasteiger partial charge in [0.15, 0.2) is 17.6 Å². The van der Waals surface area contributed by atoms with Gasteiger partial charge in [-0.15, -0.1) is 10.2 Å². The van der Waals surface area contributed by atoms with Crippen molar-refractivity contribution in [2.24, 2.45) is 0 Å². The molecule has 2 N–H and O–H groups in total. The number of rotatable bonds is 11. The standard InChI is InChI=1S/C27H26ClN5O4S/c1-18-6-5-7-20(14-18)30-26(35)17-38-27-32-31-24(33(27)22-8-3-4-9-23(22)36-2)15-29-25(34)16-37-21-12-10-19(28)11-13-21/h3-14H,15-17H2,1-2H3,(H,29,34)(H,30,35). The van der Waals surface area contributed by atoms with Gasteiger partial charge in [0.1, 0.15) is 11.5 Å². The van der Waals surface area contributed by atoms with E-state index >= 15 is 0 Å². The smallest absolute Gasteiger partial charge is 0.258 e. The fourth-order valence-corrected chi connectivity index (χ4v) is 4.41. The number of nitrogens with one attached hydrogen (secondary N) is 2. The predicted molar refractivity (Wildman–Crippen MR) is 147 cm³/mol. The number of aryl methyl sites for hydroxylation is 1. The van der Waals surface area contributed by atoms with Crippen LogP contribution in [0.1, 0.15) is 11.4 Å². The molecule has 0 aliphatic heterocycles. The number of carbonyl (C=O) groups is 2. The molecule has 38 heavy (non-hydrogen) atoms. The Morgan fingerprint density at radius 2 is 1.79 bits per heavy atom. The molecule has 4 rings (SSSR count). The van der Waals surface area contributed by atoms with Gasteiger partial charge in [0, 0.05) is 10.7 Å². The molecule has 0 unspecified atom stereocenters. The van der Waals surface area contributed by atoms with Crippen molar-refractivity contribution in [3.8, 4) is 17.2 Å². The molecule has 0 atom stereocenters. The fraction of sp³-hybridized carbons (Fsp3) is 0.185.